The van der Waals surface area contributed by atoms with Crippen LogP contribution in [0.2, 0.25) is 0 Å². The summed E-state index contributed by atoms with van der Waals surface area (Å²) in [6.45, 7) is 11.1. The molecule has 3 aliphatic rings. The molecule has 0 bridgehead atoms. The van der Waals surface area contributed by atoms with Gasteiger partial charge in [0.05, 0.1) is 0 Å². The number of likely N-dealkylation sites (tertiary alicyclic amines) is 1. The number of hydrogen-bond acceptors (Lipinski definition) is 4. The van der Waals surface area contributed by atoms with Crippen molar-refractivity contribution in [3.63, 3.8) is 0 Å². The van der Waals surface area contributed by atoms with Gasteiger partial charge in [-0.15, -0.1) is 0 Å². The van der Waals surface area contributed by atoms with E-state index in [2.05, 4.69) is 50.8 Å². The van der Waals surface area contributed by atoms with Gasteiger partial charge >= 0.3 is 6.03 Å². The second-order valence-electron chi connectivity index (χ2n) is 8.79. The van der Waals surface area contributed by atoms with Crippen molar-refractivity contribution in [3.8, 4) is 0 Å². The van der Waals surface area contributed by atoms with Gasteiger partial charge in [0.25, 0.3) is 0 Å². The molecule has 1 atom stereocenters. The van der Waals surface area contributed by atoms with E-state index in [1.165, 1.54) is 18.4 Å². The van der Waals surface area contributed by atoms with Gasteiger partial charge in [-0.05, 0) is 31.4 Å². The van der Waals surface area contributed by atoms with Crippen LogP contribution in [0.5, 0.6) is 0 Å². The van der Waals surface area contributed by atoms with Gasteiger partial charge in [0, 0.05) is 70.9 Å². The molecular weight excluding hydrogens is 350 g/mol. The van der Waals surface area contributed by atoms with Crippen LogP contribution in [0.3, 0.4) is 0 Å². The topological polar surface area (TPSA) is 50.9 Å². The van der Waals surface area contributed by atoms with Crippen molar-refractivity contribution in [1.29, 1.82) is 0 Å². The molecule has 2 amide bonds. The Morgan fingerprint density at radius 3 is 2.57 bits per heavy atom. The van der Waals surface area contributed by atoms with E-state index in [0.29, 0.717) is 5.41 Å². The highest BCUT2D eigenvalue weighted by Gasteiger charge is 2.39. The van der Waals surface area contributed by atoms with E-state index >= 15 is 0 Å². The zero-order valence-corrected chi connectivity index (χ0v) is 17.0. The lowest BCUT2D eigenvalue weighted by molar-refractivity contribution is 0.113. The first kappa shape index (κ1) is 19.7. The molecule has 6 nitrogen and oxygen atoms in total. The maximum absolute atomic E-state index is 12.6. The third-order valence-corrected chi connectivity index (χ3v) is 6.70. The first-order valence-corrected chi connectivity index (χ1v) is 10.9. The summed E-state index contributed by atoms with van der Waals surface area (Å²) in [6, 6.07) is 10.8. The maximum Gasteiger partial charge on any atom is 0.317 e. The van der Waals surface area contributed by atoms with Crippen LogP contribution in [0.4, 0.5) is 4.79 Å². The number of hydrogen-bond donors (Lipinski definition) is 2. The van der Waals surface area contributed by atoms with Crippen molar-refractivity contribution in [2.45, 2.75) is 25.8 Å². The summed E-state index contributed by atoms with van der Waals surface area (Å²) < 4.78 is 0. The Kier molecular flexibility index (Phi) is 6.50. The number of urea groups is 1. The summed E-state index contributed by atoms with van der Waals surface area (Å²) in [5.74, 6) is 0. The van der Waals surface area contributed by atoms with Crippen LogP contribution in [0.15, 0.2) is 30.3 Å². The van der Waals surface area contributed by atoms with E-state index in [9.17, 15) is 4.79 Å². The Balaban J connectivity index is 1.13. The SMILES string of the molecule is O=C(NCCN1CCN(Cc2ccccc2)CC1)N1CCC[C@]2(CCNC2)C1. The van der Waals surface area contributed by atoms with Crippen LogP contribution in [-0.2, 0) is 6.54 Å². The van der Waals surface area contributed by atoms with Gasteiger partial charge in [-0.1, -0.05) is 30.3 Å². The molecule has 3 heterocycles. The standard InChI is InChI=1S/C22H35N5O/c28-21(27-11-4-7-22(19-27)8-9-23-18-22)24-10-12-25-13-15-26(16-14-25)17-20-5-2-1-3-6-20/h1-3,5-6,23H,4,7-19H2,(H,24,28)/t22-/m1/s1. The van der Waals surface area contributed by atoms with Gasteiger partial charge in [0.15, 0.2) is 0 Å². The quantitative estimate of drug-likeness (QED) is 0.808. The number of carbonyl (C=O) groups excluding carboxylic acids is 1. The van der Waals surface area contributed by atoms with Crippen molar-refractivity contribution >= 4 is 6.03 Å². The summed E-state index contributed by atoms with van der Waals surface area (Å²) in [5.41, 5.74) is 1.73. The minimum Gasteiger partial charge on any atom is -0.337 e. The normalized spacial score (nSPS) is 26.6. The summed E-state index contributed by atoms with van der Waals surface area (Å²) in [6.07, 6.45) is 3.61. The van der Waals surface area contributed by atoms with Gasteiger partial charge in [-0.3, -0.25) is 9.80 Å². The third kappa shape index (κ3) is 5.04. The molecule has 1 spiro atoms. The number of amides is 2. The summed E-state index contributed by atoms with van der Waals surface area (Å²) in [5, 5.41) is 6.65. The maximum atomic E-state index is 12.6. The number of benzene rings is 1. The summed E-state index contributed by atoms with van der Waals surface area (Å²) in [7, 11) is 0. The fourth-order valence-electron chi connectivity index (χ4n) is 4.97. The summed E-state index contributed by atoms with van der Waals surface area (Å²) >= 11 is 0. The van der Waals surface area contributed by atoms with E-state index in [0.717, 1.165) is 78.4 Å². The predicted molar refractivity (Wildman–Crippen MR) is 112 cm³/mol. The van der Waals surface area contributed by atoms with Gasteiger partial charge in [0.2, 0.25) is 0 Å². The Morgan fingerprint density at radius 1 is 1.04 bits per heavy atom. The fourth-order valence-corrected chi connectivity index (χ4v) is 4.97. The van der Waals surface area contributed by atoms with Crippen molar-refractivity contribution in [1.82, 2.24) is 25.3 Å². The van der Waals surface area contributed by atoms with Gasteiger partial charge in [0.1, 0.15) is 0 Å². The zero-order chi connectivity index (χ0) is 19.2. The van der Waals surface area contributed by atoms with E-state index in [4.69, 9.17) is 0 Å². The fraction of sp³-hybridized carbons (Fsp3) is 0.682. The van der Waals surface area contributed by atoms with Gasteiger partial charge in [-0.25, -0.2) is 4.79 Å². The van der Waals surface area contributed by atoms with Crippen LogP contribution in [-0.4, -0.2) is 86.2 Å². The van der Waals surface area contributed by atoms with Crippen LogP contribution < -0.4 is 10.6 Å². The number of nitrogens with zero attached hydrogens (tertiary/aromatic N) is 3. The monoisotopic (exact) mass is 385 g/mol. The van der Waals surface area contributed by atoms with Crippen LogP contribution >= 0.6 is 0 Å². The highest BCUT2D eigenvalue weighted by atomic mass is 16.2. The first-order valence-electron chi connectivity index (χ1n) is 10.9. The number of rotatable bonds is 5. The second-order valence-corrected chi connectivity index (χ2v) is 8.79. The average Bonchev–Trinajstić information content (AvgIpc) is 3.17. The Morgan fingerprint density at radius 2 is 1.82 bits per heavy atom. The van der Waals surface area contributed by atoms with Crippen molar-refractivity contribution in [2.75, 3.05) is 65.4 Å². The Bertz CT molecular complexity index is 623. The number of carbonyl (C=O) groups is 1. The lowest BCUT2D eigenvalue weighted by atomic mass is 9.79. The Hall–Kier alpha value is -1.63. The lowest BCUT2D eigenvalue weighted by Gasteiger charge is -2.40. The highest BCUT2D eigenvalue weighted by Crippen LogP contribution is 2.35. The molecule has 0 unspecified atom stereocenters. The largest absolute Gasteiger partial charge is 0.337 e. The molecule has 28 heavy (non-hydrogen) atoms. The van der Waals surface area contributed by atoms with E-state index in [1.54, 1.807) is 0 Å². The third-order valence-electron chi connectivity index (χ3n) is 6.70. The molecule has 0 radical (unpaired) electrons. The Labute approximate surface area is 169 Å². The molecule has 154 valence electrons. The average molecular weight is 386 g/mol. The second kappa shape index (κ2) is 9.25. The molecule has 1 aromatic rings. The highest BCUT2D eigenvalue weighted by molar-refractivity contribution is 5.74. The van der Waals surface area contributed by atoms with Crippen molar-refractivity contribution in [3.05, 3.63) is 35.9 Å². The molecule has 0 aliphatic carbocycles. The van der Waals surface area contributed by atoms with Gasteiger partial charge < -0.3 is 15.5 Å². The molecule has 3 fully saturated rings. The first-order chi connectivity index (χ1) is 13.7. The molecule has 1 aromatic carbocycles. The molecule has 3 saturated heterocycles. The number of piperazine rings is 1. The minimum absolute atomic E-state index is 0.133. The number of piperidine rings is 1. The smallest absolute Gasteiger partial charge is 0.317 e. The molecule has 0 saturated carbocycles. The van der Waals surface area contributed by atoms with E-state index in [1.807, 2.05) is 4.90 Å². The number of nitrogens with one attached hydrogen (secondary N) is 2. The zero-order valence-electron chi connectivity index (χ0n) is 17.0. The van der Waals surface area contributed by atoms with E-state index < -0.39 is 0 Å². The van der Waals surface area contributed by atoms with Crippen LogP contribution in [0.1, 0.15) is 24.8 Å². The van der Waals surface area contributed by atoms with Crippen molar-refractivity contribution in [2.24, 2.45) is 5.41 Å². The summed E-state index contributed by atoms with van der Waals surface area (Å²) in [4.78, 5) is 19.6. The molecule has 4 rings (SSSR count). The van der Waals surface area contributed by atoms with Crippen LogP contribution in [0, 0.1) is 5.41 Å². The lowest BCUT2D eigenvalue weighted by Crippen LogP contribution is -2.52. The molecule has 6 heteroatoms. The molecule has 2 N–H and O–H groups in total. The predicted octanol–water partition coefficient (Wildman–Crippen LogP) is 1.59. The van der Waals surface area contributed by atoms with Crippen molar-refractivity contribution < 1.29 is 4.79 Å². The van der Waals surface area contributed by atoms with Gasteiger partial charge in [-0.2, -0.15) is 0 Å². The van der Waals surface area contributed by atoms with Crippen LogP contribution in [0.25, 0.3) is 0 Å². The van der Waals surface area contributed by atoms with E-state index in [-0.39, 0.29) is 6.03 Å². The molecular formula is C22H35N5O. The minimum atomic E-state index is 0.133. The molecule has 0 aromatic heterocycles. The molecule has 3 aliphatic heterocycles.